The Labute approximate surface area is 278 Å². The lowest BCUT2D eigenvalue weighted by Gasteiger charge is -2.31. The van der Waals surface area contributed by atoms with Crippen molar-refractivity contribution in [1.82, 2.24) is 0 Å². The first kappa shape index (κ1) is 33.9. The lowest BCUT2D eigenvalue weighted by molar-refractivity contribution is -0.117. The summed E-state index contributed by atoms with van der Waals surface area (Å²) >= 11 is 15.8. The summed E-state index contributed by atoms with van der Waals surface area (Å²) in [7, 11) is 3.35. The van der Waals surface area contributed by atoms with Gasteiger partial charge in [0.15, 0.2) is 0 Å². The van der Waals surface area contributed by atoms with Crippen LogP contribution in [0.4, 0.5) is 0 Å². The van der Waals surface area contributed by atoms with E-state index in [9.17, 15) is 0 Å². The van der Waals surface area contributed by atoms with Gasteiger partial charge in [0, 0.05) is 36.0 Å². The number of methoxy groups -OCH3 is 2. The van der Waals surface area contributed by atoms with Crippen LogP contribution in [-0.4, -0.2) is 79.0 Å². The third-order valence-electron chi connectivity index (χ3n) is 6.77. The van der Waals surface area contributed by atoms with Gasteiger partial charge in [-0.15, -0.1) is 23.5 Å². The lowest BCUT2D eigenvalue weighted by atomic mass is 9.89. The number of allylic oxidation sites excluding steroid dienone is 1. The molecule has 5 aliphatic rings. The molecule has 0 amide bonds. The molecule has 0 N–H and O–H groups in total. The Hall–Kier alpha value is 1.52. The van der Waals surface area contributed by atoms with E-state index >= 15 is 0 Å². The minimum Gasteiger partial charge on any atom is -0.382 e. The van der Waals surface area contributed by atoms with Gasteiger partial charge in [-0.05, 0) is 24.2 Å². The van der Waals surface area contributed by atoms with E-state index in [1.165, 1.54) is 57.5 Å². The Kier molecular flexibility index (Phi) is 14.9. The second-order valence-corrected chi connectivity index (χ2v) is 19.6. The van der Waals surface area contributed by atoms with Crippen LogP contribution >= 0.6 is 94.1 Å². The summed E-state index contributed by atoms with van der Waals surface area (Å²) < 4.78 is 41.9. The molecule has 41 heavy (non-hydrogen) atoms. The van der Waals surface area contributed by atoms with Crippen molar-refractivity contribution in [3.8, 4) is 0 Å². The number of rotatable bonds is 15. The normalized spacial score (nSPS) is 23.2. The molecule has 0 aromatic heterocycles. The van der Waals surface area contributed by atoms with Crippen LogP contribution in [0, 0.1) is 11.3 Å². The molecule has 14 heteroatoms. The minimum absolute atomic E-state index is 0.130. The summed E-state index contributed by atoms with van der Waals surface area (Å²) in [5.41, 5.74) is -0.130. The fourth-order valence-electron chi connectivity index (χ4n) is 4.56. The molecule has 230 valence electrons. The van der Waals surface area contributed by atoms with Crippen LogP contribution in [0.5, 0.6) is 0 Å². The molecule has 1 fully saturated rings. The molecule has 0 aromatic carbocycles. The average molecular weight is 715 g/mol. The molecule has 4 aliphatic heterocycles. The second kappa shape index (κ2) is 18.0. The molecule has 0 bridgehead atoms. The minimum atomic E-state index is -0.130. The molecule has 0 atom stereocenters. The highest BCUT2D eigenvalue weighted by Gasteiger charge is 2.39. The molecule has 0 spiro atoms. The van der Waals surface area contributed by atoms with E-state index in [1.807, 2.05) is 82.3 Å². The standard InChI is InChI=1S/C27H38O6S8/c1-28-8-10-30-17-32-13-27(14-33-18-31-11-9-29-2)15-35-21-22(36-16-27)39-25(38-21)26-40-23-24(41-26)37-20(12-34-23)19-6-4-3-5-7-19/h12,19H,3-11,13-18H2,1-2H3. The summed E-state index contributed by atoms with van der Waals surface area (Å²) in [6, 6.07) is 0. The molecule has 0 saturated heterocycles. The van der Waals surface area contributed by atoms with Gasteiger partial charge >= 0.3 is 0 Å². The van der Waals surface area contributed by atoms with Gasteiger partial charge in [0.05, 0.1) is 65.1 Å². The van der Waals surface area contributed by atoms with Gasteiger partial charge < -0.3 is 28.4 Å². The van der Waals surface area contributed by atoms with Crippen LogP contribution in [0.25, 0.3) is 0 Å². The molecular weight excluding hydrogens is 677 g/mol. The predicted octanol–water partition coefficient (Wildman–Crippen LogP) is 8.97. The van der Waals surface area contributed by atoms with Crippen molar-refractivity contribution in [3.05, 3.63) is 35.7 Å². The highest BCUT2D eigenvalue weighted by atomic mass is 32.3. The third kappa shape index (κ3) is 10.0. The van der Waals surface area contributed by atoms with Crippen LogP contribution in [-0.2, 0) is 28.4 Å². The Morgan fingerprint density at radius 3 is 1.76 bits per heavy atom. The molecule has 1 saturated carbocycles. The zero-order valence-electron chi connectivity index (χ0n) is 23.5. The van der Waals surface area contributed by atoms with Crippen molar-refractivity contribution in [2.45, 2.75) is 32.1 Å². The zero-order valence-corrected chi connectivity index (χ0v) is 30.0. The first-order chi connectivity index (χ1) is 20.2. The van der Waals surface area contributed by atoms with Crippen LogP contribution < -0.4 is 0 Å². The maximum atomic E-state index is 6.00. The highest BCUT2D eigenvalue weighted by molar-refractivity contribution is 8.45. The molecule has 5 rings (SSSR count). The smallest absolute Gasteiger partial charge is 0.146 e. The Balaban J connectivity index is 1.13. The van der Waals surface area contributed by atoms with Gasteiger partial charge in [0.25, 0.3) is 0 Å². The van der Waals surface area contributed by atoms with Gasteiger partial charge in [0.2, 0.25) is 0 Å². The van der Waals surface area contributed by atoms with E-state index in [0.717, 1.165) is 17.4 Å². The molecule has 4 heterocycles. The zero-order chi connectivity index (χ0) is 28.3. The van der Waals surface area contributed by atoms with Gasteiger partial charge in [0.1, 0.15) is 13.6 Å². The van der Waals surface area contributed by atoms with Gasteiger partial charge in [-0.25, -0.2) is 0 Å². The van der Waals surface area contributed by atoms with E-state index in [-0.39, 0.29) is 19.0 Å². The van der Waals surface area contributed by atoms with Gasteiger partial charge in [-0.1, -0.05) is 89.8 Å². The van der Waals surface area contributed by atoms with E-state index < -0.39 is 0 Å². The summed E-state index contributed by atoms with van der Waals surface area (Å²) in [6.07, 6.45) is 6.92. The molecule has 6 nitrogen and oxygen atoms in total. The van der Waals surface area contributed by atoms with Crippen LogP contribution in [0.2, 0.25) is 0 Å². The Morgan fingerprint density at radius 2 is 1.17 bits per heavy atom. The third-order valence-corrected chi connectivity index (χ3v) is 19.1. The highest BCUT2D eigenvalue weighted by Crippen LogP contribution is 2.69. The maximum Gasteiger partial charge on any atom is 0.146 e. The van der Waals surface area contributed by atoms with Crippen molar-refractivity contribution in [1.29, 1.82) is 0 Å². The second-order valence-electron chi connectivity index (χ2n) is 10.0. The van der Waals surface area contributed by atoms with Crippen molar-refractivity contribution in [2.75, 3.05) is 79.0 Å². The van der Waals surface area contributed by atoms with E-state index in [4.69, 9.17) is 28.4 Å². The summed E-state index contributed by atoms with van der Waals surface area (Å²) in [6.45, 7) is 3.87. The van der Waals surface area contributed by atoms with E-state index in [0.29, 0.717) is 39.6 Å². The van der Waals surface area contributed by atoms with Crippen LogP contribution in [0.15, 0.2) is 35.7 Å². The van der Waals surface area contributed by atoms with Gasteiger partial charge in [-0.2, -0.15) is 0 Å². The van der Waals surface area contributed by atoms with Crippen LogP contribution in [0.1, 0.15) is 32.1 Å². The monoisotopic (exact) mass is 714 g/mol. The van der Waals surface area contributed by atoms with Crippen molar-refractivity contribution < 1.29 is 28.4 Å². The van der Waals surface area contributed by atoms with Crippen LogP contribution in [0.3, 0.4) is 0 Å². The maximum absolute atomic E-state index is 6.00. The predicted molar refractivity (Wildman–Crippen MR) is 186 cm³/mol. The molecule has 0 radical (unpaired) electrons. The van der Waals surface area contributed by atoms with E-state index in [2.05, 4.69) is 17.2 Å². The fraction of sp³-hybridized carbons (Fsp3) is 0.704. The SMILES string of the molecule is COCCOCOCC1(COCOCCOC)CSC2=C(SC1)SC(=C1SC3=C(SC(C4CCCCC4)=CS3)S1)S2. The molecule has 0 unspecified atom stereocenters. The number of thioether (sulfide) groups is 8. The largest absolute Gasteiger partial charge is 0.382 e. The molecule has 1 aliphatic carbocycles. The summed E-state index contributed by atoms with van der Waals surface area (Å²) in [5, 5.41) is 2.45. The van der Waals surface area contributed by atoms with Gasteiger partial charge in [-0.3, -0.25) is 0 Å². The number of hydrogen-bond acceptors (Lipinski definition) is 14. The summed E-state index contributed by atoms with van der Waals surface area (Å²) in [4.78, 5) is 1.61. The summed E-state index contributed by atoms with van der Waals surface area (Å²) in [5.74, 6) is 2.64. The van der Waals surface area contributed by atoms with Crippen molar-refractivity contribution >= 4 is 94.1 Å². The molecular formula is C27H38O6S8. The number of hydrogen-bond donors (Lipinski definition) is 0. The Morgan fingerprint density at radius 1 is 0.634 bits per heavy atom. The number of ether oxygens (including phenoxy) is 6. The first-order valence-electron chi connectivity index (χ1n) is 13.7. The van der Waals surface area contributed by atoms with E-state index in [1.54, 1.807) is 19.1 Å². The quantitative estimate of drug-likeness (QED) is 0.120. The average Bonchev–Trinajstić information content (AvgIpc) is 3.58. The topological polar surface area (TPSA) is 55.4 Å². The van der Waals surface area contributed by atoms with Crippen molar-refractivity contribution in [2.24, 2.45) is 11.3 Å². The van der Waals surface area contributed by atoms with Crippen molar-refractivity contribution in [3.63, 3.8) is 0 Å². The first-order valence-corrected chi connectivity index (χ1v) is 20.7. The lowest BCUT2D eigenvalue weighted by Crippen LogP contribution is -2.38. The Bertz CT molecular complexity index is 970. The molecule has 0 aromatic rings. The fourth-order valence-corrected chi connectivity index (χ4v) is 17.1.